The fourth-order valence-corrected chi connectivity index (χ4v) is 5.49. The van der Waals surface area contributed by atoms with Crippen molar-refractivity contribution >= 4 is 21.4 Å². The molecule has 2 aromatic rings. The minimum absolute atomic E-state index is 0.288. The highest BCUT2D eigenvalue weighted by atomic mass is 32.2. The number of hydrogen-bond donors (Lipinski definition) is 1. The Hall–Kier alpha value is -1.18. The van der Waals surface area contributed by atoms with Gasteiger partial charge in [0.1, 0.15) is 4.90 Å². The Morgan fingerprint density at radius 3 is 2.29 bits per heavy atom. The molecule has 0 atom stereocenters. The van der Waals surface area contributed by atoms with E-state index in [-0.39, 0.29) is 4.90 Å². The highest BCUT2D eigenvalue weighted by Crippen LogP contribution is 2.39. The first-order chi connectivity index (χ1) is 9.51. The number of nitrogens with one attached hydrogen (secondary N) is 1. The predicted octanol–water partition coefficient (Wildman–Crippen LogP) is 3.41. The highest BCUT2D eigenvalue weighted by Gasteiger charge is 2.31. The molecule has 0 amide bonds. The maximum Gasteiger partial charge on any atom is 0.242 e. The molecule has 7 heteroatoms. The minimum atomic E-state index is -3.62. The lowest BCUT2D eigenvalue weighted by atomic mass is 10.1. The van der Waals surface area contributed by atoms with Crippen LogP contribution in [0, 0.1) is 20.8 Å². The fraction of sp³-hybridized carbons (Fsp3) is 0.500. The van der Waals surface area contributed by atoms with E-state index in [0.717, 1.165) is 15.4 Å². The van der Waals surface area contributed by atoms with Crippen molar-refractivity contribution in [2.45, 2.75) is 52.0 Å². The van der Waals surface area contributed by atoms with E-state index < -0.39 is 15.6 Å². The molecule has 0 aliphatic heterocycles. The Bertz CT molecular complexity index is 765. The zero-order valence-electron chi connectivity index (χ0n) is 13.1. The lowest BCUT2D eigenvalue weighted by molar-refractivity contribution is 0.426. The van der Waals surface area contributed by atoms with Gasteiger partial charge in [0.25, 0.3) is 0 Å². The molecule has 0 fully saturated rings. The van der Waals surface area contributed by atoms with Crippen LogP contribution >= 0.6 is 11.3 Å². The standard InChI is InChI=1S/C14H20N2O3S2/c1-8-7-11(19-15-8)12-9(2)20-10(3)13(12)21(17,18)16-14(4,5)6/h7,16H,1-6H3. The van der Waals surface area contributed by atoms with Crippen molar-refractivity contribution in [3.8, 4) is 11.3 Å². The number of thiophene rings is 1. The summed E-state index contributed by atoms with van der Waals surface area (Å²) in [7, 11) is -3.62. The quantitative estimate of drug-likeness (QED) is 0.937. The van der Waals surface area contributed by atoms with Crippen LogP contribution in [0.5, 0.6) is 0 Å². The molecule has 21 heavy (non-hydrogen) atoms. The second kappa shape index (κ2) is 5.23. The molecule has 116 valence electrons. The van der Waals surface area contributed by atoms with Gasteiger partial charge in [0.05, 0.1) is 11.3 Å². The van der Waals surface area contributed by atoms with Crippen molar-refractivity contribution in [3.05, 3.63) is 21.5 Å². The molecule has 2 rings (SSSR count). The summed E-state index contributed by atoms with van der Waals surface area (Å²) in [5, 5.41) is 3.86. The van der Waals surface area contributed by atoms with Gasteiger partial charge in [0.15, 0.2) is 5.76 Å². The number of aromatic nitrogens is 1. The van der Waals surface area contributed by atoms with Gasteiger partial charge in [0.2, 0.25) is 10.0 Å². The summed E-state index contributed by atoms with van der Waals surface area (Å²) in [6.45, 7) is 11.0. The molecule has 0 aliphatic carbocycles. The lowest BCUT2D eigenvalue weighted by Gasteiger charge is -2.20. The monoisotopic (exact) mass is 328 g/mol. The van der Waals surface area contributed by atoms with E-state index in [1.54, 1.807) is 6.07 Å². The van der Waals surface area contributed by atoms with E-state index in [4.69, 9.17) is 4.52 Å². The van der Waals surface area contributed by atoms with E-state index in [1.807, 2.05) is 41.5 Å². The van der Waals surface area contributed by atoms with Gasteiger partial charge in [0, 0.05) is 21.4 Å². The van der Waals surface area contributed by atoms with Crippen molar-refractivity contribution in [1.29, 1.82) is 0 Å². The van der Waals surface area contributed by atoms with E-state index in [2.05, 4.69) is 9.88 Å². The van der Waals surface area contributed by atoms with Gasteiger partial charge in [-0.3, -0.25) is 0 Å². The lowest BCUT2D eigenvalue weighted by Crippen LogP contribution is -2.40. The molecule has 1 N–H and O–H groups in total. The molecule has 0 bridgehead atoms. The van der Waals surface area contributed by atoms with Crippen LogP contribution in [0.2, 0.25) is 0 Å². The van der Waals surface area contributed by atoms with Crippen LogP contribution < -0.4 is 4.72 Å². The van der Waals surface area contributed by atoms with Gasteiger partial charge >= 0.3 is 0 Å². The normalized spacial score (nSPS) is 12.9. The summed E-state index contributed by atoms with van der Waals surface area (Å²) in [5.41, 5.74) is 0.783. The average Bonchev–Trinajstić information content (AvgIpc) is 2.78. The number of hydrogen-bond acceptors (Lipinski definition) is 5. The predicted molar refractivity (Wildman–Crippen MR) is 84.1 cm³/mol. The third-order valence-corrected chi connectivity index (χ3v) is 5.87. The Morgan fingerprint density at radius 2 is 1.81 bits per heavy atom. The maximum absolute atomic E-state index is 12.7. The molecular weight excluding hydrogens is 308 g/mol. The van der Waals surface area contributed by atoms with E-state index in [9.17, 15) is 8.42 Å². The zero-order valence-corrected chi connectivity index (χ0v) is 14.7. The Kier molecular flexibility index (Phi) is 4.03. The number of sulfonamides is 1. The molecule has 5 nitrogen and oxygen atoms in total. The summed E-state index contributed by atoms with van der Waals surface area (Å²) in [4.78, 5) is 1.93. The molecule has 0 saturated carbocycles. The summed E-state index contributed by atoms with van der Waals surface area (Å²) in [6, 6.07) is 1.75. The fourth-order valence-electron chi connectivity index (χ4n) is 2.21. The van der Waals surface area contributed by atoms with Crippen molar-refractivity contribution < 1.29 is 12.9 Å². The van der Waals surface area contributed by atoms with Crippen molar-refractivity contribution in [2.75, 3.05) is 0 Å². The summed E-state index contributed by atoms with van der Waals surface area (Å²) >= 11 is 1.45. The van der Waals surface area contributed by atoms with Crippen LogP contribution in [-0.4, -0.2) is 19.1 Å². The largest absolute Gasteiger partial charge is 0.356 e. The first-order valence-electron chi connectivity index (χ1n) is 6.59. The van der Waals surface area contributed by atoms with Gasteiger partial charge in [-0.05, 0) is 41.5 Å². The van der Waals surface area contributed by atoms with E-state index in [1.165, 1.54) is 11.3 Å². The molecule has 0 unspecified atom stereocenters. The van der Waals surface area contributed by atoms with Crippen LogP contribution in [0.1, 0.15) is 36.2 Å². The molecule has 2 aromatic heterocycles. The topological polar surface area (TPSA) is 72.2 Å². The van der Waals surface area contributed by atoms with E-state index >= 15 is 0 Å². The summed E-state index contributed by atoms with van der Waals surface area (Å²) in [6.07, 6.45) is 0. The van der Waals surface area contributed by atoms with Crippen molar-refractivity contribution in [3.63, 3.8) is 0 Å². The smallest absolute Gasteiger partial charge is 0.242 e. The van der Waals surface area contributed by atoms with Crippen LogP contribution in [0.15, 0.2) is 15.5 Å². The number of nitrogens with zero attached hydrogens (tertiary/aromatic N) is 1. The Labute approximate surface area is 129 Å². The molecule has 0 spiro atoms. The van der Waals surface area contributed by atoms with Gasteiger partial charge in [-0.1, -0.05) is 5.16 Å². The van der Waals surface area contributed by atoms with Gasteiger partial charge in [-0.25, -0.2) is 13.1 Å². The van der Waals surface area contributed by atoms with Crippen molar-refractivity contribution in [1.82, 2.24) is 9.88 Å². The average molecular weight is 328 g/mol. The van der Waals surface area contributed by atoms with Crippen LogP contribution in [0.25, 0.3) is 11.3 Å². The molecule has 2 heterocycles. The number of aryl methyl sites for hydroxylation is 3. The minimum Gasteiger partial charge on any atom is -0.356 e. The zero-order chi connectivity index (χ0) is 16.0. The molecule has 0 aliphatic rings. The first kappa shape index (κ1) is 16.2. The Morgan fingerprint density at radius 1 is 1.19 bits per heavy atom. The van der Waals surface area contributed by atoms with Crippen LogP contribution in [0.4, 0.5) is 0 Å². The van der Waals surface area contributed by atoms with Crippen LogP contribution in [0.3, 0.4) is 0 Å². The van der Waals surface area contributed by atoms with Gasteiger partial charge in [-0.15, -0.1) is 11.3 Å². The molecular formula is C14H20N2O3S2. The molecule has 0 aromatic carbocycles. The second-order valence-corrected chi connectivity index (χ2v) is 9.15. The van der Waals surface area contributed by atoms with Crippen LogP contribution in [-0.2, 0) is 10.0 Å². The second-order valence-electron chi connectivity index (χ2n) is 6.11. The first-order valence-corrected chi connectivity index (χ1v) is 8.89. The number of rotatable bonds is 3. The molecule has 0 saturated heterocycles. The highest BCUT2D eigenvalue weighted by molar-refractivity contribution is 7.90. The van der Waals surface area contributed by atoms with E-state index in [0.29, 0.717) is 11.3 Å². The van der Waals surface area contributed by atoms with Gasteiger partial charge in [-0.2, -0.15) is 0 Å². The SMILES string of the molecule is Cc1cc(-c2c(C)sc(C)c2S(=O)(=O)NC(C)(C)C)on1. The summed E-state index contributed by atoms with van der Waals surface area (Å²) in [5.74, 6) is 0.489. The van der Waals surface area contributed by atoms with Crippen molar-refractivity contribution in [2.24, 2.45) is 0 Å². The van der Waals surface area contributed by atoms with Gasteiger partial charge < -0.3 is 4.52 Å². The maximum atomic E-state index is 12.7. The summed E-state index contributed by atoms with van der Waals surface area (Å²) < 4.78 is 33.4. The molecule has 0 radical (unpaired) electrons. The Balaban J connectivity index is 2.65. The third-order valence-electron chi connectivity index (χ3n) is 2.79. The third kappa shape index (κ3) is 3.36.